The number of rotatable bonds is 12. The molecule has 0 bridgehead atoms. The lowest BCUT2D eigenvalue weighted by atomic mass is 9.78. The van der Waals surface area contributed by atoms with E-state index in [0.29, 0.717) is 5.41 Å². The Labute approximate surface area is 131 Å². The van der Waals surface area contributed by atoms with Crippen LogP contribution in [0.4, 0.5) is 0 Å². The Morgan fingerprint density at radius 3 is 1.90 bits per heavy atom. The van der Waals surface area contributed by atoms with Gasteiger partial charge in [-0.3, -0.25) is 0 Å². The maximum absolute atomic E-state index is 2.50. The molecule has 0 saturated heterocycles. The topological polar surface area (TPSA) is 0 Å². The van der Waals surface area contributed by atoms with Gasteiger partial charge in [0.25, 0.3) is 0 Å². The van der Waals surface area contributed by atoms with Gasteiger partial charge in [0.2, 0.25) is 0 Å². The van der Waals surface area contributed by atoms with E-state index in [1.165, 1.54) is 70.6 Å². The summed E-state index contributed by atoms with van der Waals surface area (Å²) in [7, 11) is 0. The lowest BCUT2D eigenvalue weighted by Gasteiger charge is -2.29. The molecule has 0 nitrogen and oxygen atoms in total. The largest absolute Gasteiger partial charge is 0.148 e. The fourth-order valence-corrected chi connectivity index (χ4v) is 4.00. The Kier molecular flexibility index (Phi) is 9.26. The van der Waals surface area contributed by atoms with Gasteiger partial charge >= 0.3 is 0 Å². The second-order valence-corrected chi connectivity index (χ2v) is 7.46. The maximum atomic E-state index is 2.50. The van der Waals surface area contributed by atoms with E-state index < -0.39 is 0 Å². The van der Waals surface area contributed by atoms with Crippen molar-refractivity contribution in [3.8, 4) is 0 Å². The highest BCUT2D eigenvalue weighted by Crippen LogP contribution is 2.37. The highest BCUT2D eigenvalue weighted by molar-refractivity contribution is 7.10. The van der Waals surface area contributed by atoms with Crippen LogP contribution in [0, 0.1) is 0 Å². The van der Waals surface area contributed by atoms with E-state index in [1.54, 1.807) is 4.88 Å². The fourth-order valence-electron chi connectivity index (χ4n) is 3.05. The van der Waals surface area contributed by atoms with Crippen molar-refractivity contribution in [3.63, 3.8) is 0 Å². The van der Waals surface area contributed by atoms with Crippen LogP contribution in [0.2, 0.25) is 0 Å². The van der Waals surface area contributed by atoms with Gasteiger partial charge in [-0.25, -0.2) is 0 Å². The molecule has 1 atom stereocenters. The van der Waals surface area contributed by atoms with E-state index in [9.17, 15) is 0 Å². The van der Waals surface area contributed by atoms with Gasteiger partial charge in [0.1, 0.15) is 0 Å². The smallest absolute Gasteiger partial charge is 0.0104 e. The van der Waals surface area contributed by atoms with Gasteiger partial charge in [-0.05, 0) is 24.3 Å². The number of hydrogen-bond acceptors (Lipinski definition) is 1. The zero-order valence-corrected chi connectivity index (χ0v) is 14.7. The van der Waals surface area contributed by atoms with Gasteiger partial charge in [0.05, 0.1) is 0 Å². The third-order valence-corrected chi connectivity index (χ3v) is 5.71. The van der Waals surface area contributed by atoms with Gasteiger partial charge < -0.3 is 0 Å². The van der Waals surface area contributed by atoms with Crippen molar-refractivity contribution in [1.82, 2.24) is 0 Å². The summed E-state index contributed by atoms with van der Waals surface area (Å²) in [5.74, 6) is 0. The maximum Gasteiger partial charge on any atom is 0.0104 e. The molecular formula is C19H34S. The molecular weight excluding hydrogens is 260 g/mol. The highest BCUT2D eigenvalue weighted by Gasteiger charge is 2.26. The minimum atomic E-state index is 0.439. The van der Waals surface area contributed by atoms with Crippen LogP contribution < -0.4 is 0 Å². The Bertz CT molecular complexity index is 315. The van der Waals surface area contributed by atoms with Gasteiger partial charge in [-0.15, -0.1) is 11.3 Å². The van der Waals surface area contributed by atoms with Crippen LogP contribution in [0.5, 0.6) is 0 Å². The number of thiophene rings is 1. The quantitative estimate of drug-likeness (QED) is 0.354. The molecule has 0 aliphatic rings. The van der Waals surface area contributed by atoms with Gasteiger partial charge in [0.15, 0.2) is 0 Å². The van der Waals surface area contributed by atoms with Crippen LogP contribution in [-0.2, 0) is 5.41 Å². The lowest BCUT2D eigenvalue weighted by molar-refractivity contribution is 0.369. The van der Waals surface area contributed by atoms with Gasteiger partial charge in [-0.1, -0.05) is 84.6 Å². The van der Waals surface area contributed by atoms with Crippen LogP contribution in [0.3, 0.4) is 0 Å². The monoisotopic (exact) mass is 294 g/mol. The summed E-state index contributed by atoms with van der Waals surface area (Å²) in [4.78, 5) is 1.62. The van der Waals surface area contributed by atoms with Crippen LogP contribution in [-0.4, -0.2) is 0 Å². The summed E-state index contributed by atoms with van der Waals surface area (Å²) in [6.07, 6.45) is 15.3. The Morgan fingerprint density at radius 1 is 0.850 bits per heavy atom. The molecule has 0 amide bonds. The Hall–Kier alpha value is -0.300. The highest BCUT2D eigenvalue weighted by atomic mass is 32.1. The van der Waals surface area contributed by atoms with Gasteiger partial charge in [0, 0.05) is 10.3 Å². The molecule has 1 unspecified atom stereocenters. The Morgan fingerprint density at radius 2 is 1.40 bits per heavy atom. The molecule has 0 aromatic carbocycles. The Balaban J connectivity index is 2.43. The minimum absolute atomic E-state index is 0.439. The van der Waals surface area contributed by atoms with E-state index >= 15 is 0 Å². The van der Waals surface area contributed by atoms with Gasteiger partial charge in [-0.2, -0.15) is 0 Å². The first-order chi connectivity index (χ1) is 9.73. The normalized spacial score (nSPS) is 14.3. The molecule has 0 radical (unpaired) electrons. The van der Waals surface area contributed by atoms with Crippen LogP contribution in [0.15, 0.2) is 17.5 Å². The third-order valence-electron chi connectivity index (χ3n) is 4.53. The third kappa shape index (κ3) is 6.43. The van der Waals surface area contributed by atoms with Crippen molar-refractivity contribution in [2.24, 2.45) is 0 Å². The van der Waals surface area contributed by atoms with Crippen molar-refractivity contribution in [2.45, 2.75) is 96.8 Å². The predicted molar refractivity (Wildman–Crippen MR) is 93.8 cm³/mol. The first-order valence-electron chi connectivity index (χ1n) is 8.77. The molecule has 0 spiro atoms. The molecule has 0 saturated carbocycles. The molecule has 1 aromatic rings. The van der Waals surface area contributed by atoms with Crippen molar-refractivity contribution >= 4 is 11.3 Å². The SMILES string of the molecule is CCCCCCCC(C)(CCCCCC)c1cccs1. The predicted octanol–water partition coefficient (Wildman–Crippen LogP) is 7.34. The van der Waals surface area contributed by atoms with Crippen molar-refractivity contribution in [3.05, 3.63) is 22.4 Å². The van der Waals surface area contributed by atoms with E-state index in [4.69, 9.17) is 0 Å². The zero-order chi connectivity index (χ0) is 14.7. The first-order valence-corrected chi connectivity index (χ1v) is 9.65. The van der Waals surface area contributed by atoms with Crippen LogP contribution in [0.1, 0.15) is 96.3 Å². The van der Waals surface area contributed by atoms with Crippen LogP contribution in [0.25, 0.3) is 0 Å². The summed E-state index contributed by atoms with van der Waals surface area (Å²) in [6, 6.07) is 4.58. The summed E-state index contributed by atoms with van der Waals surface area (Å²) >= 11 is 1.96. The number of hydrogen-bond donors (Lipinski definition) is 0. The van der Waals surface area contributed by atoms with Crippen molar-refractivity contribution < 1.29 is 0 Å². The average Bonchev–Trinajstić information content (AvgIpc) is 2.98. The minimum Gasteiger partial charge on any atom is -0.148 e. The van der Waals surface area contributed by atoms with E-state index in [0.717, 1.165) is 0 Å². The van der Waals surface area contributed by atoms with E-state index in [-0.39, 0.29) is 0 Å². The van der Waals surface area contributed by atoms with Crippen LogP contribution >= 0.6 is 11.3 Å². The van der Waals surface area contributed by atoms with E-state index in [2.05, 4.69) is 38.3 Å². The van der Waals surface area contributed by atoms with Crippen molar-refractivity contribution in [1.29, 1.82) is 0 Å². The second kappa shape index (κ2) is 10.4. The average molecular weight is 295 g/mol. The molecule has 0 aliphatic carbocycles. The molecule has 1 aromatic heterocycles. The first kappa shape index (κ1) is 17.8. The molecule has 20 heavy (non-hydrogen) atoms. The molecule has 0 N–H and O–H groups in total. The summed E-state index contributed by atoms with van der Waals surface area (Å²) < 4.78 is 0. The van der Waals surface area contributed by atoms with Crippen molar-refractivity contribution in [2.75, 3.05) is 0 Å². The zero-order valence-electron chi connectivity index (χ0n) is 13.9. The summed E-state index contributed by atoms with van der Waals surface area (Å²) in [5, 5.41) is 2.25. The lowest BCUT2D eigenvalue weighted by Crippen LogP contribution is -2.20. The summed E-state index contributed by atoms with van der Waals surface area (Å²) in [6.45, 7) is 7.10. The molecule has 1 heterocycles. The molecule has 0 aliphatic heterocycles. The second-order valence-electron chi connectivity index (χ2n) is 6.51. The fraction of sp³-hybridized carbons (Fsp3) is 0.789. The van der Waals surface area contributed by atoms with E-state index in [1.807, 2.05) is 11.3 Å². The molecule has 1 heteroatoms. The molecule has 0 fully saturated rings. The molecule has 1 rings (SSSR count). The molecule has 116 valence electrons. The summed E-state index contributed by atoms with van der Waals surface area (Å²) in [5.41, 5.74) is 0.439. The number of unbranched alkanes of at least 4 members (excludes halogenated alkanes) is 7. The standard InChI is InChI=1S/C19H34S/c1-4-6-8-10-12-16-19(3,15-11-9-7-5-2)18-14-13-17-20-18/h13-14,17H,4-12,15-16H2,1-3H3.